The summed E-state index contributed by atoms with van der Waals surface area (Å²) in [5.74, 6) is 0.896. The Morgan fingerprint density at radius 1 is 1.08 bits per heavy atom. The molecule has 6 rings (SSSR count). The molecule has 0 atom stereocenters. The van der Waals surface area contributed by atoms with E-state index >= 15 is 0 Å². The van der Waals surface area contributed by atoms with Crippen LogP contribution in [0.1, 0.15) is 51.7 Å². The lowest BCUT2D eigenvalue weighted by atomic mass is 10.1. The van der Waals surface area contributed by atoms with Gasteiger partial charge >= 0.3 is 0 Å². The van der Waals surface area contributed by atoms with Gasteiger partial charge in [-0.25, -0.2) is 0 Å². The number of fused-ring (bicyclic) bond motifs is 2. The van der Waals surface area contributed by atoms with Gasteiger partial charge in [-0.2, -0.15) is 9.50 Å². The number of carbonyl (C=O) groups is 1. The van der Waals surface area contributed by atoms with Crippen LogP contribution in [0.3, 0.4) is 0 Å². The highest BCUT2D eigenvalue weighted by atomic mass is 16.4. The van der Waals surface area contributed by atoms with Crippen molar-refractivity contribution in [3.63, 3.8) is 0 Å². The predicted molar refractivity (Wildman–Crippen MR) is 146 cm³/mol. The molecule has 0 saturated heterocycles. The SMILES string of the molecule is Cc1cc(NC(=O)c2nc3[nH]c4c(c(=O)n3n2)CCC4)c(C)cc1NCCCc1nnc(-c2ccccc2)o1. The second-order valence-electron chi connectivity index (χ2n) is 9.75. The minimum absolute atomic E-state index is 0.0530. The van der Waals surface area contributed by atoms with E-state index in [0.717, 1.165) is 59.4 Å². The zero-order valence-electron chi connectivity index (χ0n) is 21.7. The molecule has 2 aromatic carbocycles. The van der Waals surface area contributed by atoms with Gasteiger partial charge in [-0.1, -0.05) is 18.2 Å². The van der Waals surface area contributed by atoms with Crippen molar-refractivity contribution in [1.29, 1.82) is 0 Å². The smallest absolute Gasteiger partial charge is 0.295 e. The minimum Gasteiger partial charge on any atom is -0.421 e. The van der Waals surface area contributed by atoms with Crippen LogP contribution in [-0.4, -0.2) is 42.2 Å². The van der Waals surface area contributed by atoms with Gasteiger partial charge in [-0.05, 0) is 74.9 Å². The second-order valence-corrected chi connectivity index (χ2v) is 9.75. The maximum absolute atomic E-state index is 12.9. The van der Waals surface area contributed by atoms with Crippen molar-refractivity contribution >= 4 is 23.1 Å². The van der Waals surface area contributed by atoms with E-state index in [4.69, 9.17) is 4.42 Å². The first kappa shape index (κ1) is 24.5. The van der Waals surface area contributed by atoms with E-state index in [1.54, 1.807) is 0 Å². The summed E-state index contributed by atoms with van der Waals surface area (Å²) in [6.45, 7) is 4.62. The molecule has 0 spiro atoms. The van der Waals surface area contributed by atoms with E-state index in [2.05, 4.69) is 35.9 Å². The standard InChI is InChI=1S/C28H28N8O3/c1-16-15-22(30-25(37)24-32-28-31-20-11-6-10-19(20)27(38)36(28)35-24)17(2)14-21(16)29-13-7-12-23-33-34-26(39-23)18-8-4-3-5-9-18/h3-5,8-9,14-15,29H,6-7,10-13H2,1-2H3,(H,30,37)(H,31,32,35). The van der Waals surface area contributed by atoms with Gasteiger partial charge in [0.05, 0.1) is 0 Å². The Labute approximate surface area is 223 Å². The summed E-state index contributed by atoms with van der Waals surface area (Å²) < 4.78 is 6.96. The summed E-state index contributed by atoms with van der Waals surface area (Å²) in [6, 6.07) is 13.6. The minimum atomic E-state index is -0.468. The van der Waals surface area contributed by atoms with Crippen LogP contribution in [0.5, 0.6) is 0 Å². The quantitative estimate of drug-likeness (QED) is 0.260. The molecule has 11 heteroatoms. The molecule has 3 aromatic heterocycles. The topological polar surface area (TPSA) is 143 Å². The fourth-order valence-corrected chi connectivity index (χ4v) is 4.85. The molecule has 3 N–H and O–H groups in total. The van der Waals surface area contributed by atoms with Crippen LogP contribution in [-0.2, 0) is 19.3 Å². The number of nitrogens with one attached hydrogen (secondary N) is 3. The largest absolute Gasteiger partial charge is 0.421 e. The van der Waals surface area contributed by atoms with Crippen LogP contribution in [0.25, 0.3) is 17.2 Å². The fraction of sp³-hybridized carbons (Fsp3) is 0.286. The first-order chi connectivity index (χ1) is 19.0. The molecule has 1 aliphatic rings. The fourth-order valence-electron chi connectivity index (χ4n) is 4.85. The van der Waals surface area contributed by atoms with Crippen molar-refractivity contribution in [3.8, 4) is 11.5 Å². The summed E-state index contributed by atoms with van der Waals surface area (Å²) in [4.78, 5) is 33.0. The van der Waals surface area contributed by atoms with Gasteiger partial charge in [-0.3, -0.25) is 9.59 Å². The number of hydrogen-bond donors (Lipinski definition) is 3. The molecule has 39 heavy (non-hydrogen) atoms. The monoisotopic (exact) mass is 524 g/mol. The zero-order chi connectivity index (χ0) is 26.9. The van der Waals surface area contributed by atoms with Crippen molar-refractivity contribution in [2.75, 3.05) is 17.2 Å². The third kappa shape index (κ3) is 4.90. The van der Waals surface area contributed by atoms with E-state index in [-0.39, 0.29) is 17.2 Å². The van der Waals surface area contributed by atoms with E-state index in [1.807, 2.05) is 56.3 Å². The normalized spacial score (nSPS) is 12.6. The number of nitrogens with zero attached hydrogens (tertiary/aromatic N) is 5. The number of amides is 1. The molecule has 11 nitrogen and oxygen atoms in total. The molecule has 0 saturated carbocycles. The number of rotatable bonds is 8. The highest BCUT2D eigenvalue weighted by Crippen LogP contribution is 2.25. The molecule has 3 heterocycles. The Hall–Kier alpha value is -4.80. The number of aromatic nitrogens is 6. The highest BCUT2D eigenvalue weighted by Gasteiger charge is 2.22. The Kier molecular flexibility index (Phi) is 6.39. The third-order valence-corrected chi connectivity index (χ3v) is 6.93. The highest BCUT2D eigenvalue weighted by molar-refractivity contribution is 6.02. The van der Waals surface area contributed by atoms with E-state index in [9.17, 15) is 9.59 Å². The number of aromatic amines is 1. The average molecular weight is 525 g/mol. The van der Waals surface area contributed by atoms with E-state index in [0.29, 0.717) is 30.3 Å². The van der Waals surface area contributed by atoms with E-state index < -0.39 is 5.91 Å². The van der Waals surface area contributed by atoms with Gasteiger partial charge < -0.3 is 20.0 Å². The van der Waals surface area contributed by atoms with E-state index in [1.165, 1.54) is 4.52 Å². The summed E-state index contributed by atoms with van der Waals surface area (Å²) in [5.41, 5.74) is 5.82. The summed E-state index contributed by atoms with van der Waals surface area (Å²) in [6.07, 6.45) is 3.93. The lowest BCUT2D eigenvalue weighted by Gasteiger charge is -2.14. The molecule has 0 bridgehead atoms. The molecule has 1 aliphatic carbocycles. The van der Waals surface area contributed by atoms with Gasteiger partial charge in [0, 0.05) is 41.2 Å². The summed E-state index contributed by atoms with van der Waals surface area (Å²) >= 11 is 0. The van der Waals surface area contributed by atoms with Crippen molar-refractivity contribution in [2.24, 2.45) is 0 Å². The zero-order valence-corrected chi connectivity index (χ0v) is 21.7. The second kappa shape index (κ2) is 10.2. The molecule has 0 aliphatic heterocycles. The third-order valence-electron chi connectivity index (χ3n) is 6.93. The van der Waals surface area contributed by atoms with Crippen LogP contribution < -0.4 is 16.2 Å². The molecule has 1 amide bonds. The van der Waals surface area contributed by atoms with Crippen LogP contribution in [0.15, 0.2) is 51.7 Å². The van der Waals surface area contributed by atoms with Crippen LogP contribution in [0.2, 0.25) is 0 Å². The molecule has 198 valence electrons. The van der Waals surface area contributed by atoms with Crippen LogP contribution in [0.4, 0.5) is 11.4 Å². The first-order valence-electron chi connectivity index (χ1n) is 13.0. The molecule has 5 aromatic rings. The van der Waals surface area contributed by atoms with Crippen LogP contribution in [0, 0.1) is 13.8 Å². The molecule has 0 unspecified atom stereocenters. The lowest BCUT2D eigenvalue weighted by molar-refractivity contribution is 0.101. The molecular formula is C28H28N8O3. The Bertz CT molecular complexity index is 1740. The number of aryl methyl sites for hydroxylation is 4. The van der Waals surface area contributed by atoms with Crippen molar-refractivity contribution in [3.05, 3.63) is 86.9 Å². The van der Waals surface area contributed by atoms with Crippen molar-refractivity contribution in [1.82, 2.24) is 29.8 Å². The number of benzene rings is 2. The van der Waals surface area contributed by atoms with Crippen molar-refractivity contribution < 1.29 is 9.21 Å². The molecule has 0 radical (unpaired) electrons. The van der Waals surface area contributed by atoms with Gasteiger partial charge in [0.15, 0.2) is 0 Å². The Balaban J connectivity index is 1.07. The Morgan fingerprint density at radius 2 is 1.87 bits per heavy atom. The maximum Gasteiger partial charge on any atom is 0.295 e. The van der Waals surface area contributed by atoms with Crippen molar-refractivity contribution in [2.45, 2.75) is 46.0 Å². The number of hydrogen-bond acceptors (Lipinski definition) is 8. The van der Waals surface area contributed by atoms with Gasteiger partial charge in [0.2, 0.25) is 23.4 Å². The average Bonchev–Trinajstić information content (AvgIpc) is 3.70. The summed E-state index contributed by atoms with van der Waals surface area (Å²) in [5, 5.41) is 18.8. The summed E-state index contributed by atoms with van der Waals surface area (Å²) in [7, 11) is 0. The van der Waals surface area contributed by atoms with Gasteiger partial charge in [0.1, 0.15) is 0 Å². The maximum atomic E-state index is 12.9. The lowest BCUT2D eigenvalue weighted by Crippen LogP contribution is -2.21. The first-order valence-corrected chi connectivity index (χ1v) is 13.0. The van der Waals surface area contributed by atoms with Gasteiger partial charge in [-0.15, -0.1) is 15.3 Å². The molecule has 0 fully saturated rings. The number of H-pyrrole nitrogens is 1. The Morgan fingerprint density at radius 3 is 2.72 bits per heavy atom. The number of anilines is 2. The van der Waals surface area contributed by atoms with Gasteiger partial charge in [0.25, 0.3) is 11.5 Å². The predicted octanol–water partition coefficient (Wildman–Crippen LogP) is 3.87. The number of carbonyl (C=O) groups excluding carboxylic acids is 1. The molecular weight excluding hydrogens is 496 g/mol. The van der Waals surface area contributed by atoms with Crippen LogP contribution >= 0.6 is 0 Å².